The number of carbonyl (C=O) groups is 1. The fourth-order valence-electron chi connectivity index (χ4n) is 3.24. The second-order valence-electron chi connectivity index (χ2n) is 5.92. The molecular weight excluding hydrogens is 290 g/mol. The molecule has 1 aliphatic heterocycles. The lowest BCUT2D eigenvalue weighted by Crippen LogP contribution is -2.52. The van der Waals surface area contributed by atoms with E-state index in [4.69, 9.17) is 5.11 Å². The average Bonchev–Trinajstić information content (AvgIpc) is 2.59. The van der Waals surface area contributed by atoms with Gasteiger partial charge in [0.05, 0.1) is 6.61 Å². The first kappa shape index (κ1) is 17.9. The molecule has 1 N–H and O–H groups in total. The maximum atomic E-state index is 13.0. The van der Waals surface area contributed by atoms with Gasteiger partial charge in [0.25, 0.3) is 0 Å². The van der Waals surface area contributed by atoms with Gasteiger partial charge >= 0.3 is 0 Å². The van der Waals surface area contributed by atoms with Crippen molar-refractivity contribution in [1.82, 2.24) is 14.7 Å². The van der Waals surface area contributed by atoms with E-state index >= 15 is 0 Å². The van der Waals surface area contributed by atoms with Gasteiger partial charge in [-0.2, -0.15) is 0 Å². The highest BCUT2D eigenvalue weighted by Gasteiger charge is 2.32. The third kappa shape index (κ3) is 4.53. The van der Waals surface area contributed by atoms with E-state index in [9.17, 15) is 4.79 Å². The number of hydrogen-bond acceptors (Lipinski definition) is 4. The standard InChI is InChI=1S/C18H29N3O2/c1-3-20(4-2)18(23)17(16-8-6-5-7-9-16)21-12-10-19(11-13-21)14-15-22/h5-9,17,22H,3-4,10-15H2,1-2H3/t17-/m1/s1. The van der Waals surface area contributed by atoms with E-state index in [1.54, 1.807) is 0 Å². The number of rotatable bonds is 7. The van der Waals surface area contributed by atoms with Crippen LogP contribution in [-0.2, 0) is 4.79 Å². The Bertz CT molecular complexity index is 468. The number of benzene rings is 1. The third-order valence-corrected chi connectivity index (χ3v) is 4.61. The number of likely N-dealkylation sites (N-methyl/N-ethyl adjacent to an activating group) is 1. The second-order valence-corrected chi connectivity index (χ2v) is 5.92. The number of β-amino-alcohol motifs (C(OH)–C–C–N with tert-alkyl or cyclic N) is 1. The Hall–Kier alpha value is -1.43. The summed E-state index contributed by atoms with van der Waals surface area (Å²) in [5, 5.41) is 9.08. The molecule has 0 radical (unpaired) electrons. The van der Waals surface area contributed by atoms with Crippen molar-refractivity contribution in [3.8, 4) is 0 Å². The monoisotopic (exact) mass is 319 g/mol. The first-order valence-corrected chi connectivity index (χ1v) is 8.62. The van der Waals surface area contributed by atoms with Gasteiger partial charge in [-0.05, 0) is 19.4 Å². The van der Waals surface area contributed by atoms with Crippen LogP contribution >= 0.6 is 0 Å². The fourth-order valence-corrected chi connectivity index (χ4v) is 3.24. The molecule has 1 aromatic rings. The molecule has 1 atom stereocenters. The van der Waals surface area contributed by atoms with Crippen LogP contribution in [0.1, 0.15) is 25.5 Å². The predicted octanol–water partition coefficient (Wildman–Crippen LogP) is 1.21. The zero-order valence-corrected chi connectivity index (χ0v) is 14.3. The molecule has 5 nitrogen and oxygen atoms in total. The molecule has 0 aliphatic carbocycles. The summed E-state index contributed by atoms with van der Waals surface area (Å²) in [5.41, 5.74) is 1.07. The smallest absolute Gasteiger partial charge is 0.244 e. The number of piperazine rings is 1. The topological polar surface area (TPSA) is 47.0 Å². The van der Waals surface area contributed by atoms with E-state index in [0.717, 1.165) is 44.8 Å². The Morgan fingerprint density at radius 2 is 1.74 bits per heavy atom. The summed E-state index contributed by atoms with van der Waals surface area (Å²) in [6.45, 7) is 9.95. The van der Waals surface area contributed by atoms with E-state index in [2.05, 4.69) is 9.80 Å². The summed E-state index contributed by atoms with van der Waals surface area (Å²) < 4.78 is 0. The van der Waals surface area contributed by atoms with Gasteiger partial charge in [-0.3, -0.25) is 14.6 Å². The first-order valence-electron chi connectivity index (χ1n) is 8.62. The van der Waals surface area contributed by atoms with Crippen molar-refractivity contribution >= 4 is 5.91 Å². The van der Waals surface area contributed by atoms with Crippen molar-refractivity contribution in [3.05, 3.63) is 35.9 Å². The van der Waals surface area contributed by atoms with Crippen LogP contribution in [0.15, 0.2) is 30.3 Å². The van der Waals surface area contributed by atoms with Crippen LogP contribution in [0, 0.1) is 0 Å². The Morgan fingerprint density at radius 1 is 1.13 bits per heavy atom. The Kier molecular flexibility index (Phi) is 7.02. The van der Waals surface area contributed by atoms with Crippen molar-refractivity contribution in [1.29, 1.82) is 0 Å². The Morgan fingerprint density at radius 3 is 2.26 bits per heavy atom. The summed E-state index contributed by atoms with van der Waals surface area (Å²) in [4.78, 5) is 19.5. The zero-order valence-electron chi connectivity index (χ0n) is 14.3. The molecule has 1 fully saturated rings. The number of aliphatic hydroxyl groups is 1. The van der Waals surface area contributed by atoms with Gasteiger partial charge in [-0.15, -0.1) is 0 Å². The summed E-state index contributed by atoms with van der Waals surface area (Å²) in [6, 6.07) is 9.88. The van der Waals surface area contributed by atoms with Gasteiger partial charge in [-0.1, -0.05) is 30.3 Å². The van der Waals surface area contributed by atoms with Gasteiger partial charge in [0.15, 0.2) is 0 Å². The third-order valence-electron chi connectivity index (χ3n) is 4.61. The van der Waals surface area contributed by atoms with E-state index in [1.165, 1.54) is 0 Å². The van der Waals surface area contributed by atoms with Crippen LogP contribution in [-0.4, -0.2) is 78.1 Å². The molecule has 0 bridgehead atoms. The van der Waals surface area contributed by atoms with Crippen LogP contribution in [0.4, 0.5) is 0 Å². The number of amides is 1. The summed E-state index contributed by atoms with van der Waals surface area (Å²) in [5.74, 6) is 0.191. The highest BCUT2D eigenvalue weighted by Crippen LogP contribution is 2.24. The Labute approximate surface area is 139 Å². The molecule has 1 amide bonds. The van der Waals surface area contributed by atoms with Crippen molar-refractivity contribution in [2.24, 2.45) is 0 Å². The summed E-state index contributed by atoms with van der Waals surface area (Å²) in [6.07, 6.45) is 0. The largest absolute Gasteiger partial charge is 0.395 e. The molecule has 5 heteroatoms. The van der Waals surface area contributed by atoms with Crippen LogP contribution in [0.25, 0.3) is 0 Å². The molecule has 0 spiro atoms. The molecule has 0 saturated carbocycles. The number of aliphatic hydroxyl groups excluding tert-OH is 1. The highest BCUT2D eigenvalue weighted by molar-refractivity contribution is 5.83. The van der Waals surface area contributed by atoms with Crippen molar-refractivity contribution in [3.63, 3.8) is 0 Å². The molecule has 1 aromatic carbocycles. The predicted molar refractivity (Wildman–Crippen MR) is 92.2 cm³/mol. The molecule has 0 aromatic heterocycles. The van der Waals surface area contributed by atoms with Crippen LogP contribution < -0.4 is 0 Å². The molecule has 2 rings (SSSR count). The minimum Gasteiger partial charge on any atom is -0.395 e. The van der Waals surface area contributed by atoms with Crippen LogP contribution in [0.2, 0.25) is 0 Å². The average molecular weight is 319 g/mol. The molecule has 1 saturated heterocycles. The summed E-state index contributed by atoms with van der Waals surface area (Å²) >= 11 is 0. The normalized spacial score (nSPS) is 17.9. The van der Waals surface area contributed by atoms with Gasteiger partial charge in [0.1, 0.15) is 6.04 Å². The SMILES string of the molecule is CCN(CC)C(=O)[C@@H](c1ccccc1)N1CCN(CCO)CC1. The fraction of sp³-hybridized carbons (Fsp3) is 0.611. The number of nitrogens with zero attached hydrogens (tertiary/aromatic N) is 3. The second kappa shape index (κ2) is 9.01. The van der Waals surface area contributed by atoms with E-state index < -0.39 is 0 Å². The zero-order chi connectivity index (χ0) is 16.7. The molecule has 0 unspecified atom stereocenters. The number of carbonyl (C=O) groups excluding carboxylic acids is 1. The maximum Gasteiger partial charge on any atom is 0.244 e. The highest BCUT2D eigenvalue weighted by atomic mass is 16.3. The lowest BCUT2D eigenvalue weighted by atomic mass is 10.0. The van der Waals surface area contributed by atoms with E-state index in [0.29, 0.717) is 6.54 Å². The van der Waals surface area contributed by atoms with Gasteiger partial charge in [-0.25, -0.2) is 0 Å². The van der Waals surface area contributed by atoms with Crippen molar-refractivity contribution in [2.45, 2.75) is 19.9 Å². The first-order chi connectivity index (χ1) is 11.2. The minimum atomic E-state index is -0.202. The number of hydrogen-bond donors (Lipinski definition) is 1. The van der Waals surface area contributed by atoms with Gasteiger partial charge < -0.3 is 10.0 Å². The molecular formula is C18H29N3O2. The van der Waals surface area contributed by atoms with E-state index in [-0.39, 0.29) is 18.6 Å². The van der Waals surface area contributed by atoms with Gasteiger partial charge in [0.2, 0.25) is 5.91 Å². The molecule has 1 aliphatic rings. The lowest BCUT2D eigenvalue weighted by molar-refractivity contribution is -0.137. The minimum absolute atomic E-state index is 0.191. The molecule has 1 heterocycles. The molecule has 23 heavy (non-hydrogen) atoms. The van der Waals surface area contributed by atoms with Crippen LogP contribution in [0.3, 0.4) is 0 Å². The summed E-state index contributed by atoms with van der Waals surface area (Å²) in [7, 11) is 0. The quantitative estimate of drug-likeness (QED) is 0.820. The van der Waals surface area contributed by atoms with Crippen molar-refractivity contribution in [2.75, 3.05) is 52.4 Å². The Balaban J connectivity index is 2.16. The van der Waals surface area contributed by atoms with Gasteiger partial charge in [0, 0.05) is 45.8 Å². The lowest BCUT2D eigenvalue weighted by Gasteiger charge is -2.40. The molecule has 128 valence electrons. The van der Waals surface area contributed by atoms with E-state index in [1.807, 2.05) is 49.1 Å². The van der Waals surface area contributed by atoms with Crippen LogP contribution in [0.5, 0.6) is 0 Å². The van der Waals surface area contributed by atoms with Crippen molar-refractivity contribution < 1.29 is 9.90 Å². The maximum absolute atomic E-state index is 13.0.